The van der Waals surface area contributed by atoms with Crippen LogP contribution in [0.1, 0.15) is 73.4 Å². The molecule has 0 aromatic heterocycles. The standard InChI is InChI=1S/C38H46Cl2N4O4/c1-24-9-13-28(25(2)18-24)21-32-36(47)41-17-7-6-8-34(45)43-33(20-26-10-14-29(15-11-26)38(3,4)5)37(48)44(23-35(46)42-32)22-27-12-16-30(39)31(40)19-27/h9-16,18-19,32-33H,6-8,17,20-23H2,1-5H3,(H,41,47)(H,42,46)(H,43,45)/t32-,33+/m1/s1. The summed E-state index contributed by atoms with van der Waals surface area (Å²) in [5.74, 6) is -1.51. The Balaban J connectivity index is 1.67. The van der Waals surface area contributed by atoms with Crippen LogP contribution in [0.5, 0.6) is 0 Å². The van der Waals surface area contributed by atoms with E-state index < -0.39 is 23.9 Å². The molecule has 8 nitrogen and oxygen atoms in total. The minimum absolute atomic E-state index is 0.0341. The highest BCUT2D eigenvalue weighted by Gasteiger charge is 2.30. The average Bonchev–Trinajstić information content (AvgIpc) is 3.02. The molecule has 0 bridgehead atoms. The summed E-state index contributed by atoms with van der Waals surface area (Å²) in [6, 6.07) is 17.3. The Hall–Kier alpha value is -3.88. The van der Waals surface area contributed by atoms with Crippen LogP contribution < -0.4 is 16.0 Å². The van der Waals surface area contributed by atoms with Crippen LogP contribution in [0.4, 0.5) is 0 Å². The van der Waals surface area contributed by atoms with Gasteiger partial charge >= 0.3 is 0 Å². The van der Waals surface area contributed by atoms with Crippen LogP contribution >= 0.6 is 23.2 Å². The van der Waals surface area contributed by atoms with E-state index >= 15 is 0 Å². The van der Waals surface area contributed by atoms with Crippen molar-refractivity contribution in [3.63, 3.8) is 0 Å². The lowest BCUT2D eigenvalue weighted by Gasteiger charge is -2.29. The Bertz CT molecular complexity index is 1630. The number of carbonyl (C=O) groups excluding carboxylic acids is 4. The third-order valence-corrected chi connectivity index (χ3v) is 9.34. The Morgan fingerprint density at radius 3 is 2.12 bits per heavy atom. The molecule has 2 atom stereocenters. The predicted molar refractivity (Wildman–Crippen MR) is 191 cm³/mol. The summed E-state index contributed by atoms with van der Waals surface area (Å²) in [7, 11) is 0. The first-order valence-corrected chi connectivity index (χ1v) is 17.2. The van der Waals surface area contributed by atoms with E-state index in [1.165, 1.54) is 4.90 Å². The average molecular weight is 694 g/mol. The Morgan fingerprint density at radius 2 is 1.46 bits per heavy atom. The summed E-state index contributed by atoms with van der Waals surface area (Å²) >= 11 is 12.5. The van der Waals surface area contributed by atoms with Crippen molar-refractivity contribution in [2.45, 2.75) is 90.8 Å². The summed E-state index contributed by atoms with van der Waals surface area (Å²) in [5.41, 5.74) is 5.71. The van der Waals surface area contributed by atoms with Gasteiger partial charge in [-0.25, -0.2) is 0 Å². The zero-order valence-electron chi connectivity index (χ0n) is 28.4. The van der Waals surface area contributed by atoms with E-state index in [1.54, 1.807) is 18.2 Å². The first-order chi connectivity index (χ1) is 22.7. The summed E-state index contributed by atoms with van der Waals surface area (Å²) in [5, 5.41) is 9.45. The molecule has 0 radical (unpaired) electrons. The van der Waals surface area contributed by atoms with Gasteiger partial charge in [0.1, 0.15) is 12.1 Å². The second kappa shape index (κ2) is 16.5. The summed E-state index contributed by atoms with van der Waals surface area (Å²) in [4.78, 5) is 56.0. The molecule has 3 N–H and O–H groups in total. The van der Waals surface area contributed by atoms with Crippen molar-refractivity contribution in [2.24, 2.45) is 0 Å². The van der Waals surface area contributed by atoms with E-state index in [4.69, 9.17) is 23.2 Å². The molecule has 3 aromatic rings. The van der Waals surface area contributed by atoms with Gasteiger partial charge in [0.15, 0.2) is 0 Å². The van der Waals surface area contributed by atoms with E-state index in [0.717, 1.165) is 27.8 Å². The molecule has 48 heavy (non-hydrogen) atoms. The molecule has 1 fully saturated rings. The third-order valence-electron chi connectivity index (χ3n) is 8.60. The second-order valence-electron chi connectivity index (χ2n) is 13.7. The number of hydrogen-bond donors (Lipinski definition) is 3. The highest BCUT2D eigenvalue weighted by atomic mass is 35.5. The van der Waals surface area contributed by atoms with Crippen molar-refractivity contribution in [3.05, 3.63) is 104 Å². The summed E-state index contributed by atoms with van der Waals surface area (Å²) in [6.07, 6.45) is 1.81. The van der Waals surface area contributed by atoms with Gasteiger partial charge in [0, 0.05) is 32.4 Å². The van der Waals surface area contributed by atoms with Crippen LogP contribution in [0.25, 0.3) is 0 Å². The molecule has 256 valence electrons. The molecular weight excluding hydrogens is 647 g/mol. The molecule has 4 rings (SSSR count). The lowest BCUT2D eigenvalue weighted by molar-refractivity contribution is -0.140. The van der Waals surface area contributed by atoms with Gasteiger partial charge in [-0.3, -0.25) is 19.2 Å². The van der Waals surface area contributed by atoms with Gasteiger partial charge < -0.3 is 20.9 Å². The summed E-state index contributed by atoms with van der Waals surface area (Å²) in [6.45, 7) is 10.4. The van der Waals surface area contributed by atoms with Crippen molar-refractivity contribution in [3.8, 4) is 0 Å². The van der Waals surface area contributed by atoms with E-state index in [2.05, 4.69) is 36.7 Å². The molecule has 0 unspecified atom stereocenters. The quantitative estimate of drug-likeness (QED) is 0.295. The Kier molecular flexibility index (Phi) is 12.7. The van der Waals surface area contributed by atoms with Gasteiger partial charge in [0.05, 0.1) is 16.6 Å². The fourth-order valence-corrected chi connectivity index (χ4v) is 6.12. The topological polar surface area (TPSA) is 108 Å². The predicted octanol–water partition coefficient (Wildman–Crippen LogP) is 5.99. The normalized spacial score (nSPS) is 18.8. The molecule has 0 saturated carbocycles. The molecule has 1 saturated heterocycles. The van der Waals surface area contributed by atoms with Crippen LogP contribution in [-0.4, -0.2) is 53.7 Å². The van der Waals surface area contributed by atoms with Crippen molar-refractivity contribution >= 4 is 46.8 Å². The zero-order valence-corrected chi connectivity index (χ0v) is 29.9. The lowest BCUT2D eigenvalue weighted by Crippen LogP contribution is -2.54. The Morgan fingerprint density at radius 1 is 0.771 bits per heavy atom. The number of amides is 4. The van der Waals surface area contributed by atoms with Crippen molar-refractivity contribution in [2.75, 3.05) is 13.1 Å². The molecule has 3 aromatic carbocycles. The van der Waals surface area contributed by atoms with Crippen LogP contribution in [0.15, 0.2) is 60.7 Å². The minimum atomic E-state index is -0.926. The largest absolute Gasteiger partial charge is 0.354 e. The number of hydrogen-bond acceptors (Lipinski definition) is 4. The van der Waals surface area contributed by atoms with Gasteiger partial charge in [-0.2, -0.15) is 0 Å². The maximum absolute atomic E-state index is 14.4. The van der Waals surface area contributed by atoms with Crippen molar-refractivity contribution in [1.29, 1.82) is 0 Å². The lowest BCUT2D eigenvalue weighted by atomic mass is 9.86. The molecule has 0 spiro atoms. The van der Waals surface area contributed by atoms with E-state index in [1.807, 2.05) is 56.3 Å². The van der Waals surface area contributed by atoms with Crippen LogP contribution in [0.2, 0.25) is 10.0 Å². The van der Waals surface area contributed by atoms with Crippen molar-refractivity contribution < 1.29 is 19.2 Å². The van der Waals surface area contributed by atoms with Gasteiger partial charge in [0.25, 0.3) is 0 Å². The van der Waals surface area contributed by atoms with Gasteiger partial charge in [-0.15, -0.1) is 0 Å². The minimum Gasteiger partial charge on any atom is -0.354 e. The fourth-order valence-electron chi connectivity index (χ4n) is 5.80. The third kappa shape index (κ3) is 10.6. The highest BCUT2D eigenvalue weighted by Crippen LogP contribution is 2.25. The SMILES string of the molecule is Cc1ccc(C[C@H]2NC(=O)CN(Cc3ccc(Cl)c(Cl)c3)C(=O)[C@H](Cc3ccc(C(C)(C)C)cc3)NC(=O)CCCCNC2=O)c(C)c1. The smallest absolute Gasteiger partial charge is 0.246 e. The Labute approximate surface area is 294 Å². The van der Waals surface area contributed by atoms with Gasteiger partial charge in [0.2, 0.25) is 23.6 Å². The van der Waals surface area contributed by atoms with Gasteiger partial charge in [-0.05, 0) is 72.1 Å². The molecule has 4 amide bonds. The molecular formula is C38H46Cl2N4O4. The number of nitrogens with zero attached hydrogens (tertiary/aromatic N) is 1. The number of carbonyl (C=O) groups is 4. The number of rotatable bonds is 6. The number of nitrogens with one attached hydrogen (secondary N) is 3. The maximum Gasteiger partial charge on any atom is 0.246 e. The molecule has 1 aliphatic heterocycles. The number of benzene rings is 3. The fraction of sp³-hybridized carbons (Fsp3) is 0.421. The van der Waals surface area contributed by atoms with E-state index in [9.17, 15) is 19.2 Å². The monoisotopic (exact) mass is 692 g/mol. The van der Waals surface area contributed by atoms with E-state index in [-0.39, 0.29) is 49.6 Å². The highest BCUT2D eigenvalue weighted by molar-refractivity contribution is 6.42. The number of aryl methyl sites for hydroxylation is 2. The maximum atomic E-state index is 14.4. The molecule has 10 heteroatoms. The molecule has 0 aliphatic carbocycles. The van der Waals surface area contributed by atoms with Gasteiger partial charge in [-0.1, -0.05) is 98.1 Å². The zero-order chi connectivity index (χ0) is 35.0. The first-order valence-electron chi connectivity index (χ1n) is 16.4. The van der Waals surface area contributed by atoms with E-state index in [0.29, 0.717) is 35.0 Å². The molecule has 1 heterocycles. The molecule has 1 aliphatic rings. The number of halogens is 2. The van der Waals surface area contributed by atoms with Crippen LogP contribution in [-0.2, 0) is 44.0 Å². The van der Waals surface area contributed by atoms with Crippen LogP contribution in [0.3, 0.4) is 0 Å². The first kappa shape index (κ1) is 36.9. The summed E-state index contributed by atoms with van der Waals surface area (Å²) < 4.78 is 0. The van der Waals surface area contributed by atoms with Crippen LogP contribution in [0, 0.1) is 13.8 Å². The second-order valence-corrected chi connectivity index (χ2v) is 14.5. The van der Waals surface area contributed by atoms with Crippen molar-refractivity contribution in [1.82, 2.24) is 20.9 Å².